The molecule has 2 saturated heterocycles. The Kier molecular flexibility index (Phi) is 5.98. The van der Waals surface area contributed by atoms with Gasteiger partial charge in [0, 0.05) is 32.4 Å². The van der Waals surface area contributed by atoms with E-state index in [2.05, 4.69) is 19.9 Å². The summed E-state index contributed by atoms with van der Waals surface area (Å²) in [6.45, 7) is -0.272. The van der Waals surface area contributed by atoms with E-state index in [0.717, 1.165) is 9.80 Å². The maximum atomic E-state index is 12.7. The molecule has 2 fully saturated rings. The van der Waals surface area contributed by atoms with E-state index in [9.17, 15) is 14.6 Å². The van der Waals surface area contributed by atoms with Crippen molar-refractivity contribution in [3.05, 3.63) is 55.4 Å². The molecule has 16 heteroatoms. The molecule has 14 nitrogen and oxygen atoms in total. The van der Waals surface area contributed by atoms with Gasteiger partial charge in [-0.3, -0.25) is 9.09 Å². The van der Waals surface area contributed by atoms with E-state index in [1.165, 1.54) is 25.0 Å². The Morgan fingerprint density at radius 1 is 1.19 bits per heavy atom. The maximum absolute atomic E-state index is 12.7. The van der Waals surface area contributed by atoms with Crippen LogP contribution in [-0.4, -0.2) is 79.9 Å². The third kappa shape index (κ3) is 4.29. The minimum absolute atomic E-state index is 0.0870. The van der Waals surface area contributed by atoms with E-state index in [0.29, 0.717) is 0 Å². The molecule has 6 rings (SSSR count). The SMILES string of the molecule is CN(C)c1nc([O-])c2ncn([C@@H]3O[C@H](COP(=O)(O)n4ccnc4)[C@H]4OB(c5ccccc5)O[C@H]43)c2n1. The summed E-state index contributed by atoms with van der Waals surface area (Å²) in [5.41, 5.74) is 1.16. The topological polar surface area (TPSA) is 162 Å². The first-order valence-corrected chi connectivity index (χ1v) is 12.9. The Hall–Kier alpha value is -3.33. The van der Waals surface area contributed by atoms with Crippen molar-refractivity contribution in [1.29, 1.82) is 0 Å². The predicted molar refractivity (Wildman–Crippen MR) is 128 cm³/mol. The molecule has 2 aliphatic heterocycles. The largest absolute Gasteiger partial charge is 0.857 e. The molecule has 192 valence electrons. The number of aromatic nitrogens is 6. The van der Waals surface area contributed by atoms with Gasteiger partial charge < -0.3 is 28.9 Å². The zero-order chi connectivity index (χ0) is 25.7. The van der Waals surface area contributed by atoms with Crippen LogP contribution in [0.4, 0.5) is 5.95 Å². The number of fused-ring (bicyclic) bond motifs is 2. The summed E-state index contributed by atoms with van der Waals surface area (Å²) in [7, 11) is -1.46. The first kappa shape index (κ1) is 24.0. The van der Waals surface area contributed by atoms with Gasteiger partial charge >= 0.3 is 14.9 Å². The zero-order valence-electron chi connectivity index (χ0n) is 19.8. The average Bonchev–Trinajstić information content (AvgIpc) is 3.67. The van der Waals surface area contributed by atoms with E-state index in [1.807, 2.05) is 30.3 Å². The van der Waals surface area contributed by atoms with Gasteiger partial charge in [-0.1, -0.05) is 30.3 Å². The number of nitrogens with zero attached hydrogens (tertiary/aromatic N) is 7. The number of rotatable bonds is 7. The second kappa shape index (κ2) is 9.21. The Morgan fingerprint density at radius 3 is 2.70 bits per heavy atom. The van der Waals surface area contributed by atoms with Crippen molar-refractivity contribution in [1.82, 2.24) is 28.8 Å². The first-order chi connectivity index (χ1) is 17.8. The first-order valence-electron chi connectivity index (χ1n) is 11.4. The molecule has 0 saturated carbocycles. The van der Waals surface area contributed by atoms with Crippen LogP contribution in [-0.2, 0) is 23.1 Å². The molecule has 0 radical (unpaired) electrons. The second-order valence-electron chi connectivity index (χ2n) is 8.79. The van der Waals surface area contributed by atoms with Crippen LogP contribution < -0.4 is 15.5 Å². The van der Waals surface area contributed by atoms with Crippen molar-refractivity contribution in [3.63, 3.8) is 0 Å². The van der Waals surface area contributed by atoms with Crippen molar-refractivity contribution < 1.29 is 33.1 Å². The lowest BCUT2D eigenvalue weighted by Gasteiger charge is -2.21. The molecule has 1 N–H and O–H groups in total. The number of anilines is 1. The summed E-state index contributed by atoms with van der Waals surface area (Å²) in [5, 5.41) is 12.6. The minimum atomic E-state index is -4.21. The van der Waals surface area contributed by atoms with E-state index in [4.69, 9.17) is 18.6 Å². The lowest BCUT2D eigenvalue weighted by molar-refractivity contribution is -0.272. The van der Waals surface area contributed by atoms with Crippen molar-refractivity contribution in [3.8, 4) is 5.88 Å². The molecule has 0 aliphatic carbocycles. The summed E-state index contributed by atoms with van der Waals surface area (Å²) < 4.78 is 39.4. The second-order valence-corrected chi connectivity index (χ2v) is 10.5. The fourth-order valence-electron chi connectivity index (χ4n) is 4.37. The number of benzene rings is 1. The Balaban J connectivity index is 1.33. The van der Waals surface area contributed by atoms with Gasteiger partial charge in [-0.2, -0.15) is 4.98 Å². The lowest BCUT2D eigenvalue weighted by Crippen LogP contribution is -2.36. The molecular weight excluding hydrogens is 504 g/mol. The van der Waals surface area contributed by atoms with E-state index in [1.54, 1.807) is 23.6 Å². The molecule has 0 amide bonds. The molecule has 1 aromatic carbocycles. The van der Waals surface area contributed by atoms with E-state index in [-0.39, 0.29) is 23.7 Å². The van der Waals surface area contributed by atoms with Crippen LogP contribution in [0.5, 0.6) is 5.88 Å². The molecule has 2 aliphatic rings. The number of ether oxygens (including phenoxy) is 1. The fraction of sp³-hybridized carbons (Fsp3) is 0.333. The Bertz CT molecular complexity index is 1450. The molecule has 0 bridgehead atoms. The van der Waals surface area contributed by atoms with Gasteiger partial charge in [-0.25, -0.2) is 23.9 Å². The standard InChI is InChI=1S/C21H23BN7O7P/c1-27(2)21-25-18-15(19(30)26-21)24-12-29(18)20-17-16(35-22(36-17)13-6-4-3-5-7-13)14(34-20)10-33-37(31,32)28-9-8-23-11-28/h3-9,11-12,14,16-17,20H,10H2,1-2H3,(H,31,32)(H,25,26,30)/p-1/t14-,16-,17-,20-/m1/s1. The van der Waals surface area contributed by atoms with Crippen LogP contribution in [0.1, 0.15) is 6.23 Å². The summed E-state index contributed by atoms with van der Waals surface area (Å²) >= 11 is 0. The van der Waals surface area contributed by atoms with Crippen molar-refractivity contribution in [2.45, 2.75) is 24.5 Å². The summed E-state index contributed by atoms with van der Waals surface area (Å²) in [4.78, 5) is 28.4. The monoisotopic (exact) mass is 526 g/mol. The summed E-state index contributed by atoms with van der Waals surface area (Å²) in [6.07, 6.45) is 2.44. The number of hydrogen-bond donors (Lipinski definition) is 1. The molecule has 5 atom stereocenters. The summed E-state index contributed by atoms with van der Waals surface area (Å²) in [5.74, 6) is -0.296. The van der Waals surface area contributed by atoms with Gasteiger partial charge in [0.1, 0.15) is 30.2 Å². The van der Waals surface area contributed by atoms with E-state index >= 15 is 0 Å². The van der Waals surface area contributed by atoms with Gasteiger partial charge in [0.15, 0.2) is 11.9 Å². The number of imidazole rings is 2. The van der Waals surface area contributed by atoms with Crippen LogP contribution in [0.15, 0.2) is 55.4 Å². The molecule has 0 spiro atoms. The molecule has 5 heterocycles. The molecule has 37 heavy (non-hydrogen) atoms. The highest BCUT2D eigenvalue weighted by atomic mass is 31.2. The van der Waals surface area contributed by atoms with Crippen LogP contribution >= 0.6 is 7.75 Å². The number of hydrogen-bond acceptors (Lipinski definition) is 11. The third-order valence-corrected chi connectivity index (χ3v) is 7.47. The lowest BCUT2D eigenvalue weighted by atomic mass is 9.79. The van der Waals surface area contributed by atoms with Gasteiger partial charge in [-0.15, -0.1) is 0 Å². The Labute approximate surface area is 211 Å². The highest BCUT2D eigenvalue weighted by Crippen LogP contribution is 2.46. The molecule has 4 aromatic rings. The van der Waals surface area contributed by atoms with Gasteiger partial charge in [0.25, 0.3) is 0 Å². The van der Waals surface area contributed by atoms with Gasteiger partial charge in [0.05, 0.1) is 12.9 Å². The van der Waals surface area contributed by atoms with Crippen LogP contribution in [0, 0.1) is 0 Å². The zero-order valence-corrected chi connectivity index (χ0v) is 20.7. The van der Waals surface area contributed by atoms with Crippen molar-refractivity contribution >= 4 is 37.4 Å². The van der Waals surface area contributed by atoms with Crippen molar-refractivity contribution in [2.24, 2.45) is 0 Å². The third-order valence-electron chi connectivity index (χ3n) is 6.16. The van der Waals surface area contributed by atoms with Crippen LogP contribution in [0.2, 0.25) is 0 Å². The molecule has 3 aromatic heterocycles. The molecular formula is C21H22BN7O7P-. The molecule has 1 unspecified atom stereocenters. The Morgan fingerprint density at radius 2 is 1.97 bits per heavy atom. The average molecular weight is 526 g/mol. The smallest absolute Gasteiger partial charge is 0.494 e. The van der Waals surface area contributed by atoms with Crippen LogP contribution in [0.3, 0.4) is 0 Å². The van der Waals surface area contributed by atoms with Crippen molar-refractivity contribution in [2.75, 3.05) is 25.6 Å². The normalized spacial score (nSPS) is 24.9. The van der Waals surface area contributed by atoms with Crippen LogP contribution in [0.25, 0.3) is 11.2 Å². The predicted octanol–water partition coefficient (Wildman–Crippen LogP) is -0.0955. The van der Waals surface area contributed by atoms with Gasteiger partial charge in [-0.05, 0) is 5.46 Å². The maximum Gasteiger partial charge on any atom is 0.494 e. The minimum Gasteiger partial charge on any atom is -0.857 e. The van der Waals surface area contributed by atoms with Gasteiger partial charge in [0.2, 0.25) is 5.95 Å². The highest BCUT2D eigenvalue weighted by molar-refractivity contribution is 7.51. The fourth-order valence-corrected chi connectivity index (χ4v) is 5.26. The highest BCUT2D eigenvalue weighted by Gasteiger charge is 2.55. The quantitative estimate of drug-likeness (QED) is 0.252. The van der Waals surface area contributed by atoms with E-state index < -0.39 is 45.3 Å². The summed E-state index contributed by atoms with van der Waals surface area (Å²) in [6, 6.07) is 9.38.